The molecule has 144 valence electrons. The van der Waals surface area contributed by atoms with Crippen molar-refractivity contribution < 1.29 is 27.9 Å². The van der Waals surface area contributed by atoms with E-state index in [1.165, 1.54) is 29.2 Å². The molecule has 1 aliphatic heterocycles. The Morgan fingerprint density at radius 2 is 2.04 bits per heavy atom. The number of aromatic nitrogens is 1. The topological polar surface area (TPSA) is 70.5 Å². The first-order valence-electron chi connectivity index (χ1n) is 8.38. The maximum atomic E-state index is 13.9. The summed E-state index contributed by atoms with van der Waals surface area (Å²) in [5, 5.41) is 9.42. The van der Waals surface area contributed by atoms with Gasteiger partial charge in [0.1, 0.15) is 16.3 Å². The van der Waals surface area contributed by atoms with Crippen LogP contribution in [0.25, 0.3) is 10.2 Å². The van der Waals surface area contributed by atoms with Gasteiger partial charge in [0.15, 0.2) is 11.6 Å². The lowest BCUT2D eigenvalue weighted by molar-refractivity contribution is -0.140. The van der Waals surface area contributed by atoms with Crippen molar-refractivity contribution in [1.82, 2.24) is 4.98 Å². The fraction of sp³-hybridized carbons (Fsp3) is 0.211. The SMILES string of the molecule is O=C(O)CC1Cc2ccc(F)cc2N(Cc2nc3c(F)c(F)ccc3s2)C1=O. The standard InChI is InChI=1S/C19H13F3N2O3S/c20-11-2-1-9-5-10(6-16(25)26)19(27)24(13(9)7-11)8-15-23-18-14(28-15)4-3-12(21)17(18)22/h1-4,7,10H,5-6,8H2,(H,25,26). The van der Waals surface area contributed by atoms with Gasteiger partial charge in [0.25, 0.3) is 0 Å². The third-order valence-electron chi connectivity index (χ3n) is 4.63. The van der Waals surface area contributed by atoms with E-state index in [-0.39, 0.29) is 24.9 Å². The molecular formula is C19H13F3N2O3S. The Hall–Kier alpha value is -2.94. The van der Waals surface area contributed by atoms with Gasteiger partial charge in [-0.25, -0.2) is 18.2 Å². The first kappa shape index (κ1) is 18.4. The van der Waals surface area contributed by atoms with Gasteiger partial charge in [-0.05, 0) is 36.2 Å². The molecule has 0 fully saturated rings. The molecule has 9 heteroatoms. The van der Waals surface area contributed by atoms with Crippen LogP contribution >= 0.6 is 11.3 Å². The Labute approximate surface area is 161 Å². The molecule has 1 N–H and O–H groups in total. The van der Waals surface area contributed by atoms with Gasteiger partial charge < -0.3 is 10.0 Å². The van der Waals surface area contributed by atoms with E-state index in [0.717, 1.165) is 17.4 Å². The number of rotatable bonds is 4. The molecule has 0 spiro atoms. The molecule has 0 aliphatic carbocycles. The van der Waals surface area contributed by atoms with Crippen LogP contribution < -0.4 is 4.90 Å². The molecular weight excluding hydrogens is 393 g/mol. The largest absolute Gasteiger partial charge is 0.481 e. The van der Waals surface area contributed by atoms with E-state index in [1.807, 2.05) is 0 Å². The first-order chi connectivity index (χ1) is 13.3. The van der Waals surface area contributed by atoms with Crippen LogP contribution in [0.3, 0.4) is 0 Å². The van der Waals surface area contributed by atoms with Crippen LogP contribution in [-0.2, 0) is 22.6 Å². The van der Waals surface area contributed by atoms with Crippen molar-refractivity contribution in [1.29, 1.82) is 0 Å². The highest BCUT2D eigenvalue weighted by Gasteiger charge is 2.35. The highest BCUT2D eigenvalue weighted by molar-refractivity contribution is 7.18. The van der Waals surface area contributed by atoms with Crippen molar-refractivity contribution in [2.24, 2.45) is 5.92 Å². The van der Waals surface area contributed by atoms with E-state index >= 15 is 0 Å². The minimum atomic E-state index is -1.11. The number of carbonyl (C=O) groups is 2. The van der Waals surface area contributed by atoms with Crippen LogP contribution in [0.2, 0.25) is 0 Å². The van der Waals surface area contributed by atoms with Gasteiger partial charge in [-0.1, -0.05) is 6.07 Å². The second kappa shape index (κ2) is 6.90. The van der Waals surface area contributed by atoms with Crippen molar-refractivity contribution in [2.45, 2.75) is 19.4 Å². The molecule has 4 rings (SSSR count). The molecule has 1 atom stereocenters. The number of hydrogen-bond acceptors (Lipinski definition) is 4. The maximum absolute atomic E-state index is 13.9. The summed E-state index contributed by atoms with van der Waals surface area (Å²) in [4.78, 5) is 29.3. The quantitative estimate of drug-likeness (QED) is 0.714. The van der Waals surface area contributed by atoms with Crippen LogP contribution in [0.4, 0.5) is 18.9 Å². The molecule has 1 unspecified atom stereocenters. The number of benzene rings is 2. The molecule has 1 aliphatic rings. The second-order valence-electron chi connectivity index (χ2n) is 6.51. The summed E-state index contributed by atoms with van der Waals surface area (Å²) in [5.74, 6) is -5.00. The second-order valence-corrected chi connectivity index (χ2v) is 7.63. The Balaban J connectivity index is 1.74. The zero-order chi connectivity index (χ0) is 20.0. The number of fused-ring (bicyclic) bond motifs is 2. The van der Waals surface area contributed by atoms with Gasteiger partial charge in [-0.2, -0.15) is 0 Å². The van der Waals surface area contributed by atoms with E-state index in [1.54, 1.807) is 0 Å². The van der Waals surface area contributed by atoms with E-state index in [0.29, 0.717) is 21.0 Å². The summed E-state index contributed by atoms with van der Waals surface area (Å²) in [6, 6.07) is 6.37. The van der Waals surface area contributed by atoms with E-state index in [9.17, 15) is 22.8 Å². The average Bonchev–Trinajstić information content (AvgIpc) is 3.05. The zero-order valence-corrected chi connectivity index (χ0v) is 15.1. The fourth-order valence-corrected chi connectivity index (χ4v) is 4.32. The number of aliphatic carboxylic acids is 1. The molecule has 5 nitrogen and oxygen atoms in total. The minimum absolute atomic E-state index is 0.0915. The fourth-order valence-electron chi connectivity index (χ4n) is 3.37. The van der Waals surface area contributed by atoms with Crippen molar-refractivity contribution in [2.75, 3.05) is 4.90 Å². The summed E-state index contributed by atoms with van der Waals surface area (Å²) in [6.45, 7) is -0.0915. The molecule has 0 radical (unpaired) electrons. The van der Waals surface area contributed by atoms with Gasteiger partial charge in [0.2, 0.25) is 5.91 Å². The predicted octanol–water partition coefficient (Wildman–Crippen LogP) is 3.89. The Kier molecular flexibility index (Phi) is 4.54. The lowest BCUT2D eigenvalue weighted by Gasteiger charge is -2.33. The molecule has 3 aromatic rings. The van der Waals surface area contributed by atoms with Gasteiger partial charge >= 0.3 is 5.97 Å². The van der Waals surface area contributed by atoms with Crippen molar-refractivity contribution >= 4 is 39.1 Å². The monoisotopic (exact) mass is 406 g/mol. The molecule has 0 saturated carbocycles. The molecule has 0 saturated heterocycles. The van der Waals surface area contributed by atoms with Crippen LogP contribution in [0, 0.1) is 23.4 Å². The number of carbonyl (C=O) groups excluding carboxylic acids is 1. The normalized spacial score (nSPS) is 16.5. The van der Waals surface area contributed by atoms with Gasteiger partial charge in [-0.15, -0.1) is 11.3 Å². The Morgan fingerprint density at radius 1 is 1.25 bits per heavy atom. The summed E-state index contributed by atoms with van der Waals surface area (Å²) < 4.78 is 41.5. The number of hydrogen-bond donors (Lipinski definition) is 1. The highest BCUT2D eigenvalue weighted by atomic mass is 32.1. The molecule has 2 heterocycles. The number of halogens is 3. The Morgan fingerprint density at radius 3 is 2.79 bits per heavy atom. The number of amides is 1. The van der Waals surface area contributed by atoms with Crippen LogP contribution in [0.5, 0.6) is 0 Å². The Bertz CT molecular complexity index is 1120. The molecule has 1 amide bonds. The van der Waals surface area contributed by atoms with E-state index < -0.39 is 35.2 Å². The smallest absolute Gasteiger partial charge is 0.304 e. The number of carboxylic acids is 1. The average molecular weight is 406 g/mol. The van der Waals surface area contributed by atoms with E-state index in [4.69, 9.17) is 5.11 Å². The number of carboxylic acid groups (broad SMARTS) is 1. The van der Waals surface area contributed by atoms with Gasteiger partial charge in [-0.3, -0.25) is 9.59 Å². The summed E-state index contributed by atoms with van der Waals surface area (Å²) >= 11 is 1.09. The van der Waals surface area contributed by atoms with Crippen LogP contribution in [-0.4, -0.2) is 22.0 Å². The summed E-state index contributed by atoms with van der Waals surface area (Å²) in [6.07, 6.45) is -0.164. The third-order valence-corrected chi connectivity index (χ3v) is 5.64. The lowest BCUT2D eigenvalue weighted by atomic mass is 9.89. The van der Waals surface area contributed by atoms with Crippen molar-refractivity contribution in [3.05, 3.63) is 58.4 Å². The third kappa shape index (κ3) is 3.22. The van der Waals surface area contributed by atoms with Gasteiger partial charge in [0, 0.05) is 0 Å². The summed E-state index contributed by atoms with van der Waals surface area (Å²) in [5.41, 5.74) is 0.842. The number of anilines is 1. The lowest BCUT2D eigenvalue weighted by Crippen LogP contribution is -2.41. The van der Waals surface area contributed by atoms with Gasteiger partial charge in [0.05, 0.1) is 29.3 Å². The maximum Gasteiger partial charge on any atom is 0.304 e. The zero-order valence-electron chi connectivity index (χ0n) is 14.3. The molecule has 2 aromatic carbocycles. The van der Waals surface area contributed by atoms with Crippen LogP contribution in [0.1, 0.15) is 17.0 Å². The number of thiazole rings is 1. The van der Waals surface area contributed by atoms with Crippen molar-refractivity contribution in [3.63, 3.8) is 0 Å². The number of nitrogens with zero attached hydrogens (tertiary/aromatic N) is 2. The van der Waals surface area contributed by atoms with Crippen LogP contribution in [0.15, 0.2) is 30.3 Å². The predicted molar refractivity (Wildman–Crippen MR) is 96.6 cm³/mol. The minimum Gasteiger partial charge on any atom is -0.481 e. The summed E-state index contributed by atoms with van der Waals surface area (Å²) in [7, 11) is 0. The first-order valence-corrected chi connectivity index (χ1v) is 9.20. The van der Waals surface area contributed by atoms with E-state index in [2.05, 4.69) is 4.98 Å². The molecule has 1 aromatic heterocycles. The van der Waals surface area contributed by atoms with Crippen molar-refractivity contribution in [3.8, 4) is 0 Å². The molecule has 28 heavy (non-hydrogen) atoms. The highest BCUT2D eigenvalue weighted by Crippen LogP contribution is 2.35. The molecule has 0 bridgehead atoms.